The van der Waals surface area contributed by atoms with Crippen LogP contribution in [0, 0.1) is 0 Å². The van der Waals surface area contributed by atoms with Gasteiger partial charge in [-0.15, -0.1) is 0 Å². The summed E-state index contributed by atoms with van der Waals surface area (Å²) >= 11 is 0. The summed E-state index contributed by atoms with van der Waals surface area (Å²) in [7, 11) is 0. The smallest absolute Gasteiger partial charge is 0.160 e. The molecule has 0 spiro atoms. The molecule has 0 radical (unpaired) electrons. The molecule has 11 aromatic carbocycles. The molecular formula is C70H47N3. The third kappa shape index (κ3) is 8.60. The highest BCUT2D eigenvalue weighted by Gasteiger charge is 2.16. The van der Waals surface area contributed by atoms with Gasteiger partial charge < -0.3 is 4.57 Å². The summed E-state index contributed by atoms with van der Waals surface area (Å²) < 4.78 is 2.37. The Morgan fingerprint density at radius 2 is 0.507 bits per heavy atom. The lowest BCUT2D eigenvalue weighted by molar-refractivity contribution is 1.18. The van der Waals surface area contributed by atoms with Crippen molar-refractivity contribution in [2.75, 3.05) is 0 Å². The molecule has 2 heterocycles. The summed E-state index contributed by atoms with van der Waals surface area (Å²) in [5, 5.41) is 2.51. The second-order valence-electron chi connectivity index (χ2n) is 18.6. The fourth-order valence-electron chi connectivity index (χ4n) is 10.3. The van der Waals surface area contributed by atoms with Crippen molar-refractivity contribution in [3.05, 3.63) is 285 Å². The molecule has 3 heteroatoms. The molecule has 0 aliphatic rings. The SMILES string of the molecule is c1ccc(-c2cccc(-c3cccc(-c4ccc(-c5cc(-c6ccc(-c7cccc(-n8c9ccccc9c9ccccc98)c7)cc6)nc(-c6cccc(-c7cccc(-c8ccccc8)c7)c6)n5)cc4)c3)c2)cc1. The van der Waals surface area contributed by atoms with Gasteiger partial charge in [0.2, 0.25) is 0 Å². The van der Waals surface area contributed by atoms with Crippen LogP contribution in [-0.2, 0) is 0 Å². The van der Waals surface area contributed by atoms with Gasteiger partial charge in [0.15, 0.2) is 5.82 Å². The van der Waals surface area contributed by atoms with Crippen molar-refractivity contribution in [3.8, 4) is 106 Å². The van der Waals surface area contributed by atoms with Gasteiger partial charge in [-0.2, -0.15) is 0 Å². The van der Waals surface area contributed by atoms with E-state index in [9.17, 15) is 0 Å². The van der Waals surface area contributed by atoms with Gasteiger partial charge in [-0.3, -0.25) is 0 Å². The van der Waals surface area contributed by atoms with E-state index in [-0.39, 0.29) is 0 Å². The van der Waals surface area contributed by atoms with E-state index < -0.39 is 0 Å². The maximum absolute atomic E-state index is 5.32. The van der Waals surface area contributed by atoms with Crippen molar-refractivity contribution in [1.82, 2.24) is 14.5 Å². The number of hydrogen-bond acceptors (Lipinski definition) is 2. The third-order valence-corrected chi connectivity index (χ3v) is 14.0. The molecule has 0 N–H and O–H groups in total. The minimum atomic E-state index is 0.672. The van der Waals surface area contributed by atoms with Gasteiger partial charge in [0.1, 0.15) is 0 Å². The monoisotopic (exact) mass is 929 g/mol. The van der Waals surface area contributed by atoms with Gasteiger partial charge in [0.05, 0.1) is 22.4 Å². The van der Waals surface area contributed by atoms with Gasteiger partial charge in [-0.1, -0.05) is 231 Å². The number of hydrogen-bond donors (Lipinski definition) is 0. The summed E-state index contributed by atoms with van der Waals surface area (Å²) in [6.45, 7) is 0. The predicted molar refractivity (Wildman–Crippen MR) is 305 cm³/mol. The molecule has 2 aromatic heterocycles. The van der Waals surface area contributed by atoms with Gasteiger partial charge in [0, 0.05) is 33.2 Å². The fourth-order valence-corrected chi connectivity index (χ4v) is 10.3. The molecule has 13 rings (SSSR count). The van der Waals surface area contributed by atoms with Gasteiger partial charge >= 0.3 is 0 Å². The molecule has 0 amide bonds. The van der Waals surface area contributed by atoms with Crippen molar-refractivity contribution >= 4 is 21.8 Å². The van der Waals surface area contributed by atoms with Crippen LogP contribution < -0.4 is 0 Å². The molecule has 0 atom stereocenters. The van der Waals surface area contributed by atoms with Crippen LogP contribution >= 0.6 is 0 Å². The predicted octanol–water partition coefficient (Wildman–Crippen LogP) is 18.6. The Labute approximate surface area is 425 Å². The Balaban J connectivity index is 0.857. The normalized spacial score (nSPS) is 11.3. The van der Waals surface area contributed by atoms with Crippen LogP contribution in [-0.4, -0.2) is 14.5 Å². The molecular weight excluding hydrogens is 883 g/mol. The van der Waals surface area contributed by atoms with Crippen LogP contribution in [0.4, 0.5) is 0 Å². The maximum atomic E-state index is 5.32. The van der Waals surface area contributed by atoms with E-state index in [4.69, 9.17) is 9.97 Å². The highest BCUT2D eigenvalue weighted by atomic mass is 15.0. The number of rotatable bonds is 10. The Morgan fingerprint density at radius 3 is 0.945 bits per heavy atom. The third-order valence-electron chi connectivity index (χ3n) is 14.0. The summed E-state index contributed by atoms with van der Waals surface area (Å²) in [5.41, 5.74) is 22.2. The molecule has 0 aliphatic carbocycles. The number of fused-ring (bicyclic) bond motifs is 3. The van der Waals surface area contributed by atoms with E-state index in [2.05, 4.69) is 290 Å². The standard InChI is InChI=1S/C70H47N3/c1-3-16-48(17-4-1)54-20-11-23-57(42-54)58-24-13-22-56(44-58)50-34-38-52(39-35-50)66-47-67(72-70(71-66)62-28-14-26-60(45-62)59-25-12-21-55(43-59)49-18-5-2-6-19-49)53-40-36-51(37-41-53)61-27-15-29-63(46-61)73-68-32-9-7-30-64(68)65-31-8-10-33-69(65)73/h1-47H. The molecule has 73 heavy (non-hydrogen) atoms. The molecule has 0 saturated heterocycles. The highest BCUT2D eigenvalue weighted by molar-refractivity contribution is 6.09. The number of aromatic nitrogens is 3. The zero-order valence-corrected chi connectivity index (χ0v) is 40.0. The number of benzene rings is 11. The topological polar surface area (TPSA) is 30.7 Å². The first-order chi connectivity index (χ1) is 36.1. The van der Waals surface area contributed by atoms with E-state index in [0.29, 0.717) is 5.82 Å². The molecule has 0 saturated carbocycles. The molecule has 0 aliphatic heterocycles. The zero-order chi connectivity index (χ0) is 48.5. The maximum Gasteiger partial charge on any atom is 0.160 e. The molecule has 13 aromatic rings. The highest BCUT2D eigenvalue weighted by Crippen LogP contribution is 2.37. The van der Waals surface area contributed by atoms with Crippen molar-refractivity contribution in [2.45, 2.75) is 0 Å². The van der Waals surface area contributed by atoms with Gasteiger partial charge in [0.25, 0.3) is 0 Å². The average Bonchev–Trinajstić information content (AvgIpc) is 3.82. The first-order valence-electron chi connectivity index (χ1n) is 24.9. The Morgan fingerprint density at radius 1 is 0.205 bits per heavy atom. The number of nitrogens with zero attached hydrogens (tertiary/aromatic N) is 3. The van der Waals surface area contributed by atoms with Gasteiger partial charge in [-0.05, 0) is 121 Å². The summed E-state index contributed by atoms with van der Waals surface area (Å²) in [5.74, 6) is 0.672. The zero-order valence-electron chi connectivity index (χ0n) is 40.0. The Bertz CT molecular complexity index is 4060. The average molecular weight is 930 g/mol. The van der Waals surface area contributed by atoms with E-state index in [1.807, 2.05) is 0 Å². The van der Waals surface area contributed by atoms with Crippen LogP contribution in [0.25, 0.3) is 128 Å². The number of para-hydroxylation sites is 2. The summed E-state index contributed by atoms with van der Waals surface area (Å²) in [4.78, 5) is 10.6. The summed E-state index contributed by atoms with van der Waals surface area (Å²) in [6, 6.07) is 102. The molecule has 342 valence electrons. The van der Waals surface area contributed by atoms with E-state index >= 15 is 0 Å². The minimum absolute atomic E-state index is 0.672. The van der Waals surface area contributed by atoms with E-state index in [1.54, 1.807) is 0 Å². The second kappa shape index (κ2) is 18.9. The molecule has 3 nitrogen and oxygen atoms in total. The van der Waals surface area contributed by atoms with E-state index in [0.717, 1.165) is 67.1 Å². The lowest BCUT2D eigenvalue weighted by atomic mass is 9.95. The van der Waals surface area contributed by atoms with Gasteiger partial charge in [-0.25, -0.2) is 9.97 Å². The van der Waals surface area contributed by atoms with Crippen molar-refractivity contribution in [3.63, 3.8) is 0 Å². The Hall–Kier alpha value is -9.70. The van der Waals surface area contributed by atoms with Crippen LogP contribution in [0.5, 0.6) is 0 Å². The van der Waals surface area contributed by atoms with Crippen LogP contribution in [0.15, 0.2) is 285 Å². The summed E-state index contributed by atoms with van der Waals surface area (Å²) in [6.07, 6.45) is 0. The first-order valence-corrected chi connectivity index (χ1v) is 24.9. The van der Waals surface area contributed by atoms with Crippen LogP contribution in [0.2, 0.25) is 0 Å². The molecule has 0 bridgehead atoms. The Kier molecular flexibility index (Phi) is 11.2. The fraction of sp³-hybridized carbons (Fsp3) is 0. The second-order valence-corrected chi connectivity index (χ2v) is 18.6. The first kappa shape index (κ1) is 43.3. The lowest BCUT2D eigenvalue weighted by Gasteiger charge is -2.13. The largest absolute Gasteiger partial charge is 0.309 e. The van der Waals surface area contributed by atoms with Crippen molar-refractivity contribution in [1.29, 1.82) is 0 Å². The van der Waals surface area contributed by atoms with Crippen molar-refractivity contribution < 1.29 is 0 Å². The lowest BCUT2D eigenvalue weighted by Crippen LogP contribution is -1.96. The van der Waals surface area contributed by atoms with Crippen LogP contribution in [0.1, 0.15) is 0 Å². The quantitative estimate of drug-likeness (QED) is 0.137. The molecule has 0 unspecified atom stereocenters. The van der Waals surface area contributed by atoms with Crippen LogP contribution in [0.3, 0.4) is 0 Å². The molecule has 0 fully saturated rings. The van der Waals surface area contributed by atoms with Crippen molar-refractivity contribution in [2.24, 2.45) is 0 Å². The minimum Gasteiger partial charge on any atom is -0.309 e. The van der Waals surface area contributed by atoms with E-state index in [1.165, 1.54) is 55.2 Å².